The minimum Gasteiger partial charge on any atom is -0.361 e. The van der Waals surface area contributed by atoms with Crippen LogP contribution in [-0.2, 0) is 0 Å². The summed E-state index contributed by atoms with van der Waals surface area (Å²) in [6, 6.07) is 56.4. The van der Waals surface area contributed by atoms with Crippen LogP contribution in [0.1, 0.15) is 22.3 Å². The van der Waals surface area contributed by atoms with E-state index in [1.807, 2.05) is 42.5 Å². The molecule has 4 aliphatic rings. The van der Waals surface area contributed by atoms with E-state index in [9.17, 15) is 0 Å². The summed E-state index contributed by atoms with van der Waals surface area (Å²) in [5.74, 6) is 0. The van der Waals surface area contributed by atoms with Crippen molar-refractivity contribution < 1.29 is 0 Å². The molecule has 5 heterocycles. The third-order valence-electron chi connectivity index (χ3n) is 10.2. The summed E-state index contributed by atoms with van der Waals surface area (Å²) in [6.45, 7) is 0. The smallest absolute Gasteiger partial charge is 0.0824 e. The average molecular weight is 718 g/mol. The van der Waals surface area contributed by atoms with Crippen LogP contribution < -0.4 is 16.0 Å². The van der Waals surface area contributed by atoms with E-state index in [-0.39, 0.29) is 0 Å². The molecule has 5 aromatic carbocycles. The van der Waals surface area contributed by atoms with Crippen molar-refractivity contribution in [2.75, 3.05) is 5.32 Å². The molecule has 56 heavy (non-hydrogen) atoms. The quantitative estimate of drug-likeness (QED) is 0.177. The zero-order chi connectivity index (χ0) is 37.3. The molecule has 5 nitrogen and oxygen atoms in total. The number of nitrogens with one attached hydrogen (secondary N) is 2. The predicted molar refractivity (Wildman–Crippen MR) is 231 cm³/mol. The minimum absolute atomic E-state index is 0.829. The second kappa shape index (κ2) is 14.3. The Bertz CT molecular complexity index is 2920. The zero-order valence-electron chi connectivity index (χ0n) is 30.4. The summed E-state index contributed by atoms with van der Waals surface area (Å²) in [5, 5.41) is 5.47. The van der Waals surface area contributed by atoms with Crippen LogP contribution in [0.5, 0.6) is 0 Å². The van der Waals surface area contributed by atoms with Gasteiger partial charge in [-0.25, -0.2) is 15.0 Å². The van der Waals surface area contributed by atoms with Gasteiger partial charge < -0.3 is 10.3 Å². The molecular weight excluding hydrogens is 683 g/mol. The average Bonchev–Trinajstić information content (AvgIpc) is 4.10. The topological polar surface area (TPSA) is 64.9 Å². The Morgan fingerprint density at radius 2 is 0.857 bits per heavy atom. The highest BCUT2D eigenvalue weighted by Gasteiger charge is 2.28. The Kier molecular flexibility index (Phi) is 8.43. The van der Waals surface area contributed by atoms with Gasteiger partial charge in [-0.1, -0.05) is 140 Å². The molecule has 0 saturated heterocycles. The summed E-state index contributed by atoms with van der Waals surface area (Å²) in [7, 11) is 0. The van der Waals surface area contributed by atoms with Crippen LogP contribution in [-0.4, -0.2) is 22.1 Å². The number of allylic oxidation sites excluding steroid dienone is 8. The van der Waals surface area contributed by atoms with E-state index in [1.165, 1.54) is 0 Å². The molecular formula is C51H35N5. The number of nitrogens with zero attached hydrogens (tertiary/aromatic N) is 3. The summed E-state index contributed by atoms with van der Waals surface area (Å²) >= 11 is 0. The molecule has 10 rings (SSSR count). The fraction of sp³-hybridized carbons (Fsp3) is 0. The summed E-state index contributed by atoms with van der Waals surface area (Å²) < 4.78 is 0. The van der Waals surface area contributed by atoms with Gasteiger partial charge in [-0.05, 0) is 76.9 Å². The van der Waals surface area contributed by atoms with Crippen molar-refractivity contribution in [3.05, 3.63) is 256 Å². The predicted octanol–water partition coefficient (Wildman–Crippen LogP) is 9.61. The van der Waals surface area contributed by atoms with E-state index in [4.69, 9.17) is 15.0 Å². The van der Waals surface area contributed by atoms with Crippen molar-refractivity contribution in [3.63, 3.8) is 0 Å². The van der Waals surface area contributed by atoms with E-state index in [1.54, 1.807) is 0 Å². The first-order chi connectivity index (χ1) is 27.8. The van der Waals surface area contributed by atoms with E-state index in [2.05, 4.69) is 168 Å². The lowest BCUT2D eigenvalue weighted by molar-refractivity contribution is 1.25. The van der Waals surface area contributed by atoms with Crippen molar-refractivity contribution in [1.29, 1.82) is 0 Å². The third-order valence-corrected chi connectivity index (χ3v) is 10.2. The molecule has 0 aliphatic carbocycles. The number of para-hydroxylation sites is 1. The van der Waals surface area contributed by atoms with Crippen LogP contribution in [0.2, 0.25) is 0 Å². The molecule has 264 valence electrons. The summed E-state index contributed by atoms with van der Waals surface area (Å²) in [5.41, 5.74) is 15.2. The molecule has 1 aromatic heterocycles. The van der Waals surface area contributed by atoms with E-state index in [0.717, 1.165) is 101 Å². The van der Waals surface area contributed by atoms with Crippen molar-refractivity contribution in [3.8, 4) is 0 Å². The molecule has 0 atom stereocenters. The Morgan fingerprint density at radius 3 is 1.43 bits per heavy atom. The summed E-state index contributed by atoms with van der Waals surface area (Å²) in [6.07, 6.45) is 12.7. The largest absolute Gasteiger partial charge is 0.361 e. The SMILES string of the molecule is C1=CC2=C(c3ccccc3)C3=C/C(=C/Nc4ccccc4)C(=N3)C(c3ccccc3)=c3ccc([nH]3)=C(c3ccccc3)C3=NC(=C(c4ccccc4)C1=N2)C=C3. The number of benzene rings is 5. The number of rotatable bonds is 6. The van der Waals surface area contributed by atoms with Gasteiger partial charge in [0.25, 0.3) is 0 Å². The van der Waals surface area contributed by atoms with Crippen molar-refractivity contribution in [2.45, 2.75) is 0 Å². The van der Waals surface area contributed by atoms with E-state index in [0.29, 0.717) is 0 Å². The van der Waals surface area contributed by atoms with Gasteiger partial charge in [-0.2, -0.15) is 0 Å². The number of hydrogen-bond acceptors (Lipinski definition) is 4. The maximum Gasteiger partial charge on any atom is 0.0824 e. The first kappa shape index (κ1) is 33.0. The standard InChI is InChI=1S/C51H35N5/c1-6-16-34(17-7-1)47-40-26-27-41(53-40)48(35-18-8-2-9-19-35)43-30-31-45(55-43)50(37-22-12-4-13-23-37)51-38(33-52-39-24-14-5-15-25-39)32-46(56-51)49(36-20-10-3-11-21-36)44-29-28-42(47)54-44/h1-33,52,55H/b38-33-,47-40?,48-43?,49-44?,50-45?. The monoisotopic (exact) mass is 717 g/mol. The molecule has 8 bridgehead atoms. The molecule has 4 aliphatic heterocycles. The van der Waals surface area contributed by atoms with Gasteiger partial charge in [0.15, 0.2) is 0 Å². The van der Waals surface area contributed by atoms with Gasteiger partial charge in [0.1, 0.15) is 0 Å². The maximum atomic E-state index is 5.57. The van der Waals surface area contributed by atoms with Gasteiger partial charge in [-0.15, -0.1) is 0 Å². The zero-order valence-corrected chi connectivity index (χ0v) is 30.4. The second-order valence-corrected chi connectivity index (χ2v) is 13.8. The van der Waals surface area contributed by atoms with Crippen LogP contribution in [0, 0.1) is 0 Å². The number of anilines is 1. The lowest BCUT2D eigenvalue weighted by Gasteiger charge is -2.12. The van der Waals surface area contributed by atoms with E-state index >= 15 is 0 Å². The lowest BCUT2D eigenvalue weighted by Crippen LogP contribution is -2.22. The second-order valence-electron chi connectivity index (χ2n) is 13.8. The highest BCUT2D eigenvalue weighted by atomic mass is 14.9. The number of aliphatic imine (C=N–C) groups is 3. The van der Waals surface area contributed by atoms with Crippen LogP contribution in [0.25, 0.3) is 22.3 Å². The van der Waals surface area contributed by atoms with Gasteiger partial charge >= 0.3 is 0 Å². The molecule has 6 aromatic rings. The van der Waals surface area contributed by atoms with E-state index < -0.39 is 0 Å². The maximum absolute atomic E-state index is 5.57. The number of H-pyrrole nitrogens is 1. The van der Waals surface area contributed by atoms with Crippen molar-refractivity contribution in [2.24, 2.45) is 15.0 Å². The lowest BCUT2D eigenvalue weighted by atomic mass is 9.96. The first-order valence-electron chi connectivity index (χ1n) is 18.8. The van der Waals surface area contributed by atoms with Crippen LogP contribution >= 0.6 is 0 Å². The van der Waals surface area contributed by atoms with Gasteiger partial charge in [0, 0.05) is 50.5 Å². The van der Waals surface area contributed by atoms with Gasteiger partial charge in [0.2, 0.25) is 0 Å². The highest BCUT2D eigenvalue weighted by molar-refractivity contribution is 6.36. The van der Waals surface area contributed by atoms with Crippen LogP contribution in [0.3, 0.4) is 0 Å². The Hall–Kier alpha value is -7.63. The van der Waals surface area contributed by atoms with Gasteiger partial charge in [-0.3, -0.25) is 0 Å². The van der Waals surface area contributed by atoms with Gasteiger partial charge in [0.05, 0.1) is 34.2 Å². The number of hydrogen-bond donors (Lipinski definition) is 2. The number of fused-ring (bicyclic) bond motifs is 5. The minimum atomic E-state index is 0.829. The number of aromatic nitrogens is 1. The first-order valence-corrected chi connectivity index (χ1v) is 18.8. The fourth-order valence-corrected chi connectivity index (χ4v) is 7.67. The molecule has 0 saturated carbocycles. The normalized spacial score (nSPS) is 16.7. The van der Waals surface area contributed by atoms with Crippen LogP contribution in [0.15, 0.2) is 238 Å². The molecule has 0 fully saturated rings. The summed E-state index contributed by atoms with van der Waals surface area (Å²) in [4.78, 5) is 20.2. The highest BCUT2D eigenvalue weighted by Crippen LogP contribution is 2.39. The molecule has 0 unspecified atom stereocenters. The van der Waals surface area contributed by atoms with Crippen LogP contribution in [0.4, 0.5) is 5.69 Å². The molecule has 5 heteroatoms. The fourth-order valence-electron chi connectivity index (χ4n) is 7.67. The number of aromatic amines is 1. The third kappa shape index (κ3) is 6.17. The van der Waals surface area contributed by atoms with Crippen molar-refractivity contribution in [1.82, 2.24) is 4.98 Å². The van der Waals surface area contributed by atoms with Crippen molar-refractivity contribution >= 4 is 45.1 Å². The molecule has 2 N–H and O–H groups in total. The Balaban J connectivity index is 1.33. The Labute approximate surface area is 325 Å². The molecule has 0 radical (unpaired) electrons. The molecule has 0 spiro atoms. The molecule has 0 amide bonds. The Morgan fingerprint density at radius 1 is 0.411 bits per heavy atom.